The molecular weight excluding hydrogens is 432 g/mol. The van der Waals surface area contributed by atoms with E-state index >= 15 is 0 Å². The van der Waals surface area contributed by atoms with Crippen molar-refractivity contribution in [1.29, 1.82) is 0 Å². The van der Waals surface area contributed by atoms with E-state index < -0.39 is 0 Å². The standard InChI is InChI=1S/C31H42N2O2/c1-2-3-4-5-6-7-8-14-24-35-30-25-32-31(33-26-30)28-19-21-29(22-20-28)34-23-15-10-13-18-27-16-11-9-12-17-27/h9,11-12,16-17,19-22,25-26H,2-8,10,13-15,18,23-24H2,1H3. The molecule has 1 aromatic heterocycles. The summed E-state index contributed by atoms with van der Waals surface area (Å²) < 4.78 is 11.7. The summed E-state index contributed by atoms with van der Waals surface area (Å²) in [5.74, 6) is 2.34. The van der Waals surface area contributed by atoms with Gasteiger partial charge in [-0.25, -0.2) is 9.97 Å². The van der Waals surface area contributed by atoms with Gasteiger partial charge in [0, 0.05) is 5.56 Å². The van der Waals surface area contributed by atoms with Crippen molar-refractivity contribution in [1.82, 2.24) is 9.97 Å². The quantitative estimate of drug-likeness (QED) is 0.173. The van der Waals surface area contributed by atoms with E-state index in [1.165, 1.54) is 63.4 Å². The zero-order chi connectivity index (χ0) is 24.4. The van der Waals surface area contributed by atoms with E-state index in [0.29, 0.717) is 5.82 Å². The van der Waals surface area contributed by atoms with E-state index in [1.807, 2.05) is 24.3 Å². The van der Waals surface area contributed by atoms with Crippen LogP contribution in [0.4, 0.5) is 0 Å². The Hall–Kier alpha value is -2.88. The Balaban J connectivity index is 1.27. The zero-order valence-corrected chi connectivity index (χ0v) is 21.5. The number of rotatable bonds is 18. The number of aromatic nitrogens is 2. The van der Waals surface area contributed by atoms with Gasteiger partial charge in [-0.15, -0.1) is 0 Å². The maximum absolute atomic E-state index is 5.90. The van der Waals surface area contributed by atoms with Gasteiger partial charge >= 0.3 is 0 Å². The summed E-state index contributed by atoms with van der Waals surface area (Å²) in [5, 5.41) is 0. The van der Waals surface area contributed by atoms with Gasteiger partial charge < -0.3 is 9.47 Å². The predicted molar refractivity (Wildman–Crippen MR) is 145 cm³/mol. The average Bonchev–Trinajstić information content (AvgIpc) is 2.91. The van der Waals surface area contributed by atoms with Crippen LogP contribution in [-0.2, 0) is 6.42 Å². The molecule has 1 heterocycles. The molecule has 0 atom stereocenters. The van der Waals surface area contributed by atoms with Gasteiger partial charge in [-0.2, -0.15) is 0 Å². The Bertz CT molecular complexity index is 911. The smallest absolute Gasteiger partial charge is 0.159 e. The number of nitrogens with zero attached hydrogens (tertiary/aromatic N) is 2. The molecule has 3 rings (SSSR count). The van der Waals surface area contributed by atoms with Crippen molar-refractivity contribution in [2.45, 2.75) is 84.0 Å². The monoisotopic (exact) mass is 474 g/mol. The van der Waals surface area contributed by atoms with E-state index in [9.17, 15) is 0 Å². The molecule has 0 aliphatic heterocycles. The number of benzene rings is 2. The molecule has 4 heteroatoms. The average molecular weight is 475 g/mol. The summed E-state index contributed by atoms with van der Waals surface area (Å²) >= 11 is 0. The van der Waals surface area contributed by atoms with Crippen LogP contribution >= 0.6 is 0 Å². The first-order valence-electron chi connectivity index (χ1n) is 13.6. The molecule has 0 unspecified atom stereocenters. The first kappa shape index (κ1) is 26.7. The molecule has 4 nitrogen and oxygen atoms in total. The van der Waals surface area contributed by atoms with E-state index in [1.54, 1.807) is 12.4 Å². The second kappa shape index (κ2) is 16.7. The van der Waals surface area contributed by atoms with Gasteiger partial charge in [0.1, 0.15) is 5.75 Å². The van der Waals surface area contributed by atoms with Crippen molar-refractivity contribution in [2.75, 3.05) is 13.2 Å². The van der Waals surface area contributed by atoms with Gasteiger partial charge in [-0.3, -0.25) is 0 Å². The molecule has 0 saturated carbocycles. The van der Waals surface area contributed by atoms with Crippen LogP contribution in [0.1, 0.15) is 83.1 Å². The van der Waals surface area contributed by atoms with Crippen LogP contribution in [0, 0.1) is 0 Å². The van der Waals surface area contributed by atoms with E-state index in [-0.39, 0.29) is 0 Å². The third kappa shape index (κ3) is 10.9. The van der Waals surface area contributed by atoms with Crippen molar-refractivity contribution in [3.63, 3.8) is 0 Å². The zero-order valence-electron chi connectivity index (χ0n) is 21.5. The predicted octanol–water partition coefficient (Wildman–Crippen LogP) is 8.45. The molecule has 0 spiro atoms. The number of ether oxygens (including phenoxy) is 2. The Morgan fingerprint density at radius 2 is 1.14 bits per heavy atom. The number of hydrogen-bond acceptors (Lipinski definition) is 4. The maximum atomic E-state index is 5.90. The Morgan fingerprint density at radius 3 is 1.80 bits per heavy atom. The largest absolute Gasteiger partial charge is 0.494 e. The number of unbranched alkanes of at least 4 members (excludes halogenated alkanes) is 9. The molecule has 0 N–H and O–H groups in total. The SMILES string of the molecule is CCCCCCCCCCOc1cnc(-c2ccc(OCCCCCc3ccccc3)cc2)nc1. The number of aryl methyl sites for hydroxylation is 1. The summed E-state index contributed by atoms with van der Waals surface area (Å²) in [6.45, 7) is 3.74. The van der Waals surface area contributed by atoms with Gasteiger partial charge in [0.05, 0.1) is 25.6 Å². The molecule has 188 valence electrons. The van der Waals surface area contributed by atoms with Crippen LogP contribution in [0.5, 0.6) is 11.5 Å². The molecule has 2 aromatic carbocycles. The minimum atomic E-state index is 0.705. The second-order valence-electron chi connectivity index (χ2n) is 9.23. The van der Waals surface area contributed by atoms with Gasteiger partial charge in [0.2, 0.25) is 0 Å². The molecule has 0 bridgehead atoms. The molecular formula is C31H42N2O2. The van der Waals surface area contributed by atoms with Crippen LogP contribution in [0.2, 0.25) is 0 Å². The highest BCUT2D eigenvalue weighted by Crippen LogP contribution is 2.21. The van der Waals surface area contributed by atoms with Crippen LogP contribution in [0.15, 0.2) is 67.0 Å². The van der Waals surface area contributed by atoms with E-state index in [0.717, 1.165) is 49.5 Å². The van der Waals surface area contributed by atoms with Crippen molar-refractivity contribution in [3.8, 4) is 22.9 Å². The normalized spacial score (nSPS) is 10.9. The van der Waals surface area contributed by atoms with E-state index in [2.05, 4.69) is 47.2 Å². The molecule has 0 aliphatic carbocycles. The molecule has 0 aliphatic rings. The highest BCUT2D eigenvalue weighted by Gasteiger charge is 2.04. The lowest BCUT2D eigenvalue weighted by atomic mass is 10.1. The van der Waals surface area contributed by atoms with Crippen molar-refractivity contribution < 1.29 is 9.47 Å². The fourth-order valence-corrected chi connectivity index (χ4v) is 4.11. The first-order valence-corrected chi connectivity index (χ1v) is 13.6. The second-order valence-corrected chi connectivity index (χ2v) is 9.23. The Labute approximate surface area is 212 Å². The minimum absolute atomic E-state index is 0.705. The lowest BCUT2D eigenvalue weighted by Crippen LogP contribution is -1.99. The maximum Gasteiger partial charge on any atom is 0.159 e. The Morgan fingerprint density at radius 1 is 0.571 bits per heavy atom. The molecule has 35 heavy (non-hydrogen) atoms. The lowest BCUT2D eigenvalue weighted by molar-refractivity contribution is 0.302. The fraction of sp³-hybridized carbons (Fsp3) is 0.484. The van der Waals surface area contributed by atoms with E-state index in [4.69, 9.17) is 9.47 Å². The van der Waals surface area contributed by atoms with Crippen molar-refractivity contribution >= 4 is 0 Å². The Kier molecular flexibility index (Phi) is 12.7. The topological polar surface area (TPSA) is 44.2 Å². The third-order valence-corrected chi connectivity index (χ3v) is 6.23. The molecule has 0 amide bonds. The highest BCUT2D eigenvalue weighted by molar-refractivity contribution is 5.56. The first-order chi connectivity index (χ1) is 17.3. The summed E-state index contributed by atoms with van der Waals surface area (Å²) in [7, 11) is 0. The summed E-state index contributed by atoms with van der Waals surface area (Å²) in [5.41, 5.74) is 2.39. The molecule has 0 fully saturated rings. The van der Waals surface area contributed by atoms with Gasteiger partial charge in [-0.1, -0.05) is 82.2 Å². The lowest BCUT2D eigenvalue weighted by Gasteiger charge is -2.08. The van der Waals surface area contributed by atoms with Crippen molar-refractivity contribution in [2.24, 2.45) is 0 Å². The third-order valence-electron chi connectivity index (χ3n) is 6.23. The summed E-state index contributed by atoms with van der Waals surface area (Å²) in [6, 6.07) is 18.7. The van der Waals surface area contributed by atoms with Crippen LogP contribution in [-0.4, -0.2) is 23.2 Å². The molecule has 0 radical (unpaired) electrons. The van der Waals surface area contributed by atoms with Crippen LogP contribution < -0.4 is 9.47 Å². The van der Waals surface area contributed by atoms with Crippen LogP contribution in [0.25, 0.3) is 11.4 Å². The van der Waals surface area contributed by atoms with Gasteiger partial charge in [0.15, 0.2) is 11.6 Å². The van der Waals surface area contributed by atoms with Crippen LogP contribution in [0.3, 0.4) is 0 Å². The van der Waals surface area contributed by atoms with Gasteiger partial charge in [0.25, 0.3) is 0 Å². The minimum Gasteiger partial charge on any atom is -0.494 e. The molecule has 0 saturated heterocycles. The fourth-order valence-electron chi connectivity index (χ4n) is 4.11. The summed E-state index contributed by atoms with van der Waals surface area (Å²) in [6.07, 6.45) is 18.5. The van der Waals surface area contributed by atoms with Gasteiger partial charge in [-0.05, 0) is 61.9 Å². The highest BCUT2D eigenvalue weighted by atomic mass is 16.5. The van der Waals surface area contributed by atoms with Crippen molar-refractivity contribution in [3.05, 3.63) is 72.6 Å². The number of hydrogen-bond donors (Lipinski definition) is 0. The summed E-state index contributed by atoms with van der Waals surface area (Å²) in [4.78, 5) is 8.96. The molecule has 3 aromatic rings.